The number of rotatable bonds is 7. The highest BCUT2D eigenvalue weighted by atomic mass is 16.6. The van der Waals surface area contributed by atoms with Crippen molar-refractivity contribution in [1.29, 1.82) is 0 Å². The van der Waals surface area contributed by atoms with Crippen LogP contribution >= 0.6 is 0 Å². The molecule has 27 heavy (non-hydrogen) atoms. The second kappa shape index (κ2) is 8.68. The second-order valence-electron chi connectivity index (χ2n) is 8.15. The number of carbonyl (C=O) groups excluding carboxylic acids is 1. The summed E-state index contributed by atoms with van der Waals surface area (Å²) in [6.07, 6.45) is 0. The van der Waals surface area contributed by atoms with Gasteiger partial charge in [-0.2, -0.15) is 0 Å². The molecule has 2 unspecified atom stereocenters. The Kier molecular flexibility index (Phi) is 6.30. The first-order valence-electron chi connectivity index (χ1n) is 9.55. The van der Waals surface area contributed by atoms with E-state index in [4.69, 9.17) is 9.47 Å². The maximum Gasteiger partial charge on any atom is 0.324 e. The maximum atomic E-state index is 12.8. The molecule has 1 heterocycles. The van der Waals surface area contributed by atoms with E-state index in [-0.39, 0.29) is 17.9 Å². The molecule has 2 aromatic rings. The van der Waals surface area contributed by atoms with Crippen molar-refractivity contribution in [2.75, 3.05) is 13.2 Å². The lowest BCUT2D eigenvalue weighted by atomic mass is 9.88. The van der Waals surface area contributed by atoms with E-state index >= 15 is 0 Å². The molecule has 0 saturated carbocycles. The highest BCUT2D eigenvalue weighted by Gasteiger charge is 2.45. The van der Waals surface area contributed by atoms with E-state index in [2.05, 4.69) is 17.0 Å². The minimum atomic E-state index is -0.486. The van der Waals surface area contributed by atoms with Gasteiger partial charge >= 0.3 is 5.97 Å². The zero-order valence-corrected chi connectivity index (χ0v) is 16.4. The molecule has 1 fully saturated rings. The highest BCUT2D eigenvalue weighted by molar-refractivity contribution is 5.78. The van der Waals surface area contributed by atoms with E-state index in [0.29, 0.717) is 13.2 Å². The highest BCUT2D eigenvalue weighted by Crippen LogP contribution is 2.30. The molecule has 4 heteroatoms. The Bertz CT molecular complexity index is 722. The third-order valence-corrected chi connectivity index (χ3v) is 4.63. The molecule has 4 nitrogen and oxygen atoms in total. The fourth-order valence-electron chi connectivity index (χ4n) is 3.41. The molecule has 0 aliphatic carbocycles. The van der Waals surface area contributed by atoms with E-state index in [1.165, 1.54) is 5.56 Å². The molecule has 1 aliphatic rings. The van der Waals surface area contributed by atoms with Crippen LogP contribution in [0.4, 0.5) is 0 Å². The van der Waals surface area contributed by atoms with Gasteiger partial charge in [-0.25, -0.2) is 0 Å². The first-order valence-corrected chi connectivity index (χ1v) is 9.55. The molecule has 2 aromatic carbocycles. The zero-order valence-electron chi connectivity index (χ0n) is 16.4. The number of ether oxygens (including phenoxy) is 2. The molecule has 0 N–H and O–H groups in total. The minimum Gasteiger partial charge on any atom is -0.459 e. The van der Waals surface area contributed by atoms with Crippen LogP contribution < -0.4 is 0 Å². The fourth-order valence-corrected chi connectivity index (χ4v) is 3.41. The Morgan fingerprint density at radius 1 is 1.00 bits per heavy atom. The van der Waals surface area contributed by atoms with Crippen molar-refractivity contribution in [3.05, 3.63) is 71.8 Å². The first kappa shape index (κ1) is 19.6. The largest absolute Gasteiger partial charge is 0.459 e. The van der Waals surface area contributed by atoms with Crippen LogP contribution in [0.2, 0.25) is 0 Å². The van der Waals surface area contributed by atoms with Gasteiger partial charge in [0.15, 0.2) is 0 Å². The van der Waals surface area contributed by atoms with Gasteiger partial charge in [-0.05, 0) is 31.9 Å². The third-order valence-electron chi connectivity index (χ3n) is 4.63. The molecule has 0 amide bonds. The minimum absolute atomic E-state index is 0.155. The quantitative estimate of drug-likeness (QED) is 0.692. The van der Waals surface area contributed by atoms with Gasteiger partial charge in [0.05, 0.1) is 13.2 Å². The summed E-state index contributed by atoms with van der Waals surface area (Å²) in [7, 11) is 0. The smallest absolute Gasteiger partial charge is 0.324 e. The maximum absolute atomic E-state index is 12.8. The molecule has 1 saturated heterocycles. The van der Waals surface area contributed by atoms with E-state index < -0.39 is 5.60 Å². The van der Waals surface area contributed by atoms with Gasteiger partial charge in [0, 0.05) is 19.0 Å². The predicted molar refractivity (Wildman–Crippen MR) is 106 cm³/mol. The lowest BCUT2D eigenvalue weighted by Gasteiger charge is -2.47. The average Bonchev–Trinajstić information content (AvgIpc) is 2.60. The number of hydrogen-bond donors (Lipinski definition) is 0. The van der Waals surface area contributed by atoms with Gasteiger partial charge in [0.1, 0.15) is 11.6 Å². The normalized spacial score (nSPS) is 20.1. The molecule has 0 radical (unpaired) electrons. The standard InChI is InChI=1S/C23H29NO3/c1-23(2,3)27-22(25)21-20(17-26-16-19-12-8-5-9-13-19)15-24(21)14-18-10-6-4-7-11-18/h4-13,20-21H,14-17H2,1-3H3. The average molecular weight is 367 g/mol. The predicted octanol–water partition coefficient (Wildman–Crippen LogP) is 4.05. The van der Waals surface area contributed by atoms with Gasteiger partial charge in [-0.15, -0.1) is 0 Å². The van der Waals surface area contributed by atoms with Crippen LogP contribution in [0.15, 0.2) is 60.7 Å². The van der Waals surface area contributed by atoms with Crippen molar-refractivity contribution in [2.45, 2.75) is 45.6 Å². The Morgan fingerprint density at radius 3 is 2.19 bits per heavy atom. The lowest BCUT2D eigenvalue weighted by molar-refractivity contribution is -0.175. The zero-order chi connectivity index (χ0) is 19.3. The first-order chi connectivity index (χ1) is 12.9. The number of nitrogens with zero attached hydrogens (tertiary/aromatic N) is 1. The summed E-state index contributed by atoms with van der Waals surface area (Å²) in [4.78, 5) is 14.9. The van der Waals surface area contributed by atoms with Gasteiger partial charge in [-0.3, -0.25) is 9.69 Å². The Balaban J connectivity index is 1.59. The summed E-state index contributed by atoms with van der Waals surface area (Å²) in [5, 5.41) is 0. The van der Waals surface area contributed by atoms with Crippen LogP contribution in [0, 0.1) is 5.92 Å². The van der Waals surface area contributed by atoms with Crippen LogP contribution in [0.5, 0.6) is 0 Å². The fraction of sp³-hybridized carbons (Fsp3) is 0.435. The molecular weight excluding hydrogens is 338 g/mol. The van der Waals surface area contributed by atoms with Crippen LogP contribution in [0.3, 0.4) is 0 Å². The number of carbonyl (C=O) groups is 1. The van der Waals surface area contributed by atoms with Crippen molar-refractivity contribution in [3.63, 3.8) is 0 Å². The third kappa shape index (κ3) is 5.65. The van der Waals surface area contributed by atoms with Crippen molar-refractivity contribution in [2.24, 2.45) is 5.92 Å². The van der Waals surface area contributed by atoms with Crippen molar-refractivity contribution >= 4 is 5.97 Å². The Hall–Kier alpha value is -2.17. The van der Waals surface area contributed by atoms with Crippen LogP contribution in [0.25, 0.3) is 0 Å². The van der Waals surface area contributed by atoms with E-state index in [9.17, 15) is 4.79 Å². The van der Waals surface area contributed by atoms with Crippen molar-refractivity contribution < 1.29 is 14.3 Å². The molecular formula is C23H29NO3. The van der Waals surface area contributed by atoms with E-state index in [1.54, 1.807) is 0 Å². The monoisotopic (exact) mass is 367 g/mol. The number of esters is 1. The molecule has 0 aromatic heterocycles. The summed E-state index contributed by atoms with van der Waals surface area (Å²) in [6.45, 7) is 8.44. The van der Waals surface area contributed by atoms with Crippen molar-refractivity contribution in [3.8, 4) is 0 Å². The Morgan fingerprint density at radius 2 is 1.59 bits per heavy atom. The second-order valence-corrected chi connectivity index (χ2v) is 8.15. The molecule has 144 valence electrons. The molecule has 0 bridgehead atoms. The van der Waals surface area contributed by atoms with Crippen LogP contribution in [-0.2, 0) is 27.4 Å². The lowest BCUT2D eigenvalue weighted by Crippen LogP contribution is -2.62. The summed E-state index contributed by atoms with van der Waals surface area (Å²) in [5.41, 5.74) is 1.86. The molecule has 2 atom stereocenters. The van der Waals surface area contributed by atoms with E-state index in [1.807, 2.05) is 69.3 Å². The van der Waals surface area contributed by atoms with E-state index in [0.717, 1.165) is 18.7 Å². The van der Waals surface area contributed by atoms with Crippen LogP contribution in [0.1, 0.15) is 31.9 Å². The van der Waals surface area contributed by atoms with Gasteiger partial charge in [-0.1, -0.05) is 60.7 Å². The van der Waals surface area contributed by atoms with Crippen LogP contribution in [-0.4, -0.2) is 35.7 Å². The van der Waals surface area contributed by atoms with Gasteiger partial charge in [0.2, 0.25) is 0 Å². The summed E-state index contributed by atoms with van der Waals surface area (Å²) >= 11 is 0. The number of hydrogen-bond acceptors (Lipinski definition) is 4. The number of benzene rings is 2. The van der Waals surface area contributed by atoms with Gasteiger partial charge in [0.25, 0.3) is 0 Å². The summed E-state index contributed by atoms with van der Waals surface area (Å²) in [6, 6.07) is 20.1. The molecule has 1 aliphatic heterocycles. The van der Waals surface area contributed by atoms with Gasteiger partial charge < -0.3 is 9.47 Å². The summed E-state index contributed by atoms with van der Waals surface area (Å²) in [5.74, 6) is 0.00488. The Labute approximate surface area is 162 Å². The topological polar surface area (TPSA) is 38.8 Å². The summed E-state index contributed by atoms with van der Waals surface area (Å²) < 4.78 is 11.6. The molecule has 3 rings (SSSR count). The SMILES string of the molecule is CC(C)(C)OC(=O)C1C(COCc2ccccc2)CN1Cc1ccccc1. The van der Waals surface area contributed by atoms with Crippen molar-refractivity contribution in [1.82, 2.24) is 4.90 Å². The molecule has 0 spiro atoms. The number of likely N-dealkylation sites (tertiary alicyclic amines) is 1.